The number of para-hydroxylation sites is 1. The highest BCUT2D eigenvalue weighted by atomic mass is 15.0. The first-order valence-corrected chi connectivity index (χ1v) is 16.6. The summed E-state index contributed by atoms with van der Waals surface area (Å²) in [6.07, 6.45) is 2.30. The molecule has 3 aliphatic rings. The van der Waals surface area contributed by atoms with Gasteiger partial charge in [-0.2, -0.15) is 0 Å². The van der Waals surface area contributed by atoms with Gasteiger partial charge in [-0.15, -0.1) is 0 Å². The van der Waals surface area contributed by atoms with Gasteiger partial charge in [0.2, 0.25) is 0 Å². The van der Waals surface area contributed by atoms with Crippen LogP contribution in [0, 0.1) is 5.92 Å². The molecule has 220 valence electrons. The van der Waals surface area contributed by atoms with Crippen molar-refractivity contribution in [2.24, 2.45) is 13.0 Å². The largest absolute Gasteiger partial charge is 0.343 e. The molecule has 1 nitrogen and oxygen atoms in total. The Bertz CT molecular complexity index is 1610. The molecule has 8 rings (SSSR count). The van der Waals surface area contributed by atoms with Gasteiger partial charge >= 0.3 is 0 Å². The summed E-state index contributed by atoms with van der Waals surface area (Å²) in [5, 5.41) is 1.43. The molecule has 1 saturated carbocycles. The minimum absolute atomic E-state index is 0.0477. The average Bonchev–Trinajstić information content (AvgIpc) is 3.66. The van der Waals surface area contributed by atoms with Gasteiger partial charge in [0.1, 0.15) is 0 Å². The number of hydrogen-bond acceptors (Lipinski definition) is 0. The van der Waals surface area contributed by atoms with Crippen LogP contribution in [0.3, 0.4) is 0 Å². The first-order chi connectivity index (χ1) is 20.7. The Labute approximate surface area is 255 Å². The van der Waals surface area contributed by atoms with E-state index < -0.39 is 0 Å². The Kier molecular flexibility index (Phi) is 9.51. The topological polar surface area (TPSA) is 4.93 Å². The molecule has 1 heteroatoms. The fraction of sp³-hybridized carbons (Fsp3) is 0.366. The molecule has 42 heavy (non-hydrogen) atoms. The first kappa shape index (κ1) is 31.4. The van der Waals surface area contributed by atoms with Crippen molar-refractivity contribution in [3.63, 3.8) is 0 Å². The van der Waals surface area contributed by atoms with E-state index in [9.17, 15) is 0 Å². The summed E-state index contributed by atoms with van der Waals surface area (Å²) in [4.78, 5) is 0. The number of aromatic nitrogens is 1. The van der Waals surface area contributed by atoms with Crippen molar-refractivity contribution in [1.29, 1.82) is 0 Å². The van der Waals surface area contributed by atoms with E-state index in [0.29, 0.717) is 5.92 Å². The third-order valence-electron chi connectivity index (χ3n) is 9.48. The summed E-state index contributed by atoms with van der Waals surface area (Å²) >= 11 is 0. The third-order valence-corrected chi connectivity index (χ3v) is 9.48. The molecule has 1 heterocycles. The maximum absolute atomic E-state index is 2.45. The summed E-state index contributed by atoms with van der Waals surface area (Å²) in [6.45, 7) is 18.4. The second kappa shape index (κ2) is 12.7. The summed E-state index contributed by atoms with van der Waals surface area (Å²) in [7, 11) is 2.26. The molecule has 0 N–H and O–H groups in total. The second-order valence-corrected chi connectivity index (χ2v) is 10.5. The zero-order valence-corrected chi connectivity index (χ0v) is 27.7. The molecule has 0 radical (unpaired) electrons. The van der Waals surface area contributed by atoms with Gasteiger partial charge in [0.05, 0.1) is 5.69 Å². The van der Waals surface area contributed by atoms with Crippen molar-refractivity contribution >= 4 is 10.9 Å². The zero-order valence-electron chi connectivity index (χ0n) is 27.7. The van der Waals surface area contributed by atoms with Crippen LogP contribution in [0.25, 0.3) is 33.3 Å². The molecular weight excluding hydrogens is 506 g/mol. The van der Waals surface area contributed by atoms with Crippen molar-refractivity contribution in [2.75, 3.05) is 0 Å². The predicted molar refractivity (Wildman–Crippen MR) is 186 cm³/mol. The number of aryl methyl sites for hydroxylation is 1. The Hall–Kier alpha value is -3.58. The zero-order chi connectivity index (χ0) is 30.7. The SMILES string of the molecule is CC.CC.CC.CC.CCC1C2(CC13c1ccccc1-c1c3c3ccccc3n1C)c1ccccc1-c1ccccc12. The molecule has 0 saturated heterocycles. The number of fused-ring (bicyclic) bond motifs is 12. The Morgan fingerprint density at radius 3 is 1.52 bits per heavy atom. The molecule has 4 aromatic carbocycles. The first-order valence-electron chi connectivity index (χ1n) is 16.6. The Balaban J connectivity index is 0.000000470. The van der Waals surface area contributed by atoms with E-state index >= 15 is 0 Å². The fourth-order valence-corrected chi connectivity index (χ4v) is 8.52. The van der Waals surface area contributed by atoms with Gasteiger partial charge in [0.25, 0.3) is 0 Å². The van der Waals surface area contributed by atoms with Gasteiger partial charge in [-0.25, -0.2) is 0 Å². The highest BCUT2D eigenvalue weighted by molar-refractivity contribution is 5.99. The number of hydrogen-bond donors (Lipinski definition) is 0. The van der Waals surface area contributed by atoms with Crippen LogP contribution in [0.5, 0.6) is 0 Å². The maximum Gasteiger partial charge on any atom is 0.0533 e. The van der Waals surface area contributed by atoms with Gasteiger partial charge in [0, 0.05) is 34.3 Å². The smallest absolute Gasteiger partial charge is 0.0533 e. The van der Waals surface area contributed by atoms with Crippen LogP contribution in [0.15, 0.2) is 97.1 Å². The van der Waals surface area contributed by atoms with E-state index in [1.165, 1.54) is 33.3 Å². The minimum Gasteiger partial charge on any atom is -0.343 e. The maximum atomic E-state index is 2.45. The van der Waals surface area contributed by atoms with E-state index in [-0.39, 0.29) is 10.8 Å². The van der Waals surface area contributed by atoms with Gasteiger partial charge in [-0.3, -0.25) is 0 Å². The summed E-state index contributed by atoms with van der Waals surface area (Å²) < 4.78 is 2.45. The lowest BCUT2D eigenvalue weighted by atomic mass is 9.39. The van der Waals surface area contributed by atoms with E-state index in [0.717, 1.165) is 12.8 Å². The van der Waals surface area contributed by atoms with Gasteiger partial charge in [-0.05, 0) is 51.8 Å². The second-order valence-electron chi connectivity index (χ2n) is 10.5. The summed E-state index contributed by atoms with van der Waals surface area (Å²) in [6, 6.07) is 36.7. The molecule has 3 aliphatic carbocycles. The van der Waals surface area contributed by atoms with Crippen molar-refractivity contribution in [3.8, 4) is 22.4 Å². The highest BCUT2D eigenvalue weighted by Gasteiger charge is 2.70. The Morgan fingerprint density at radius 2 is 1.00 bits per heavy atom. The number of benzene rings is 4. The van der Waals surface area contributed by atoms with Crippen LogP contribution in [0.2, 0.25) is 0 Å². The predicted octanol–water partition coefficient (Wildman–Crippen LogP) is 11.9. The summed E-state index contributed by atoms with van der Waals surface area (Å²) in [5.41, 5.74) is 13.4. The molecule has 1 fully saturated rings. The summed E-state index contributed by atoms with van der Waals surface area (Å²) in [5.74, 6) is 0.512. The normalized spacial score (nSPS) is 18.8. The van der Waals surface area contributed by atoms with Crippen LogP contribution in [0.4, 0.5) is 0 Å². The van der Waals surface area contributed by atoms with Crippen LogP contribution in [-0.2, 0) is 17.9 Å². The molecular formula is C41H51N. The average molecular weight is 558 g/mol. The fourth-order valence-electron chi connectivity index (χ4n) is 8.52. The van der Waals surface area contributed by atoms with E-state index in [4.69, 9.17) is 0 Å². The molecule has 1 aromatic heterocycles. The lowest BCUT2D eigenvalue weighted by Gasteiger charge is -2.62. The third kappa shape index (κ3) is 3.89. The van der Waals surface area contributed by atoms with Crippen molar-refractivity contribution in [3.05, 3.63) is 119 Å². The van der Waals surface area contributed by atoms with E-state index in [1.54, 1.807) is 22.3 Å². The Morgan fingerprint density at radius 1 is 0.571 bits per heavy atom. The van der Waals surface area contributed by atoms with Crippen molar-refractivity contribution in [1.82, 2.24) is 4.57 Å². The van der Waals surface area contributed by atoms with Crippen LogP contribution in [-0.4, -0.2) is 4.57 Å². The lowest BCUT2D eigenvalue weighted by molar-refractivity contribution is 0.0567. The number of rotatable bonds is 1. The highest BCUT2D eigenvalue weighted by Crippen LogP contribution is 2.75. The van der Waals surface area contributed by atoms with Crippen LogP contribution < -0.4 is 0 Å². The van der Waals surface area contributed by atoms with Crippen LogP contribution in [0.1, 0.15) is 97.4 Å². The molecule has 2 spiro atoms. The molecule has 0 aliphatic heterocycles. The van der Waals surface area contributed by atoms with Crippen molar-refractivity contribution < 1.29 is 0 Å². The quantitative estimate of drug-likeness (QED) is 0.193. The van der Waals surface area contributed by atoms with Gasteiger partial charge in [-0.1, -0.05) is 160 Å². The molecule has 0 bridgehead atoms. The molecule has 2 atom stereocenters. The van der Waals surface area contributed by atoms with E-state index in [2.05, 4.69) is 116 Å². The molecule has 0 amide bonds. The standard InChI is InChI=1S/C33H27N.4C2H6/c1-3-29-32(25-16-8-4-12-21(25)22-13-5-9-17-26(22)32)20-33(29)27-18-10-6-14-23(27)31-30(33)24-15-7-11-19-28(24)34(31)2;4*1-2/h4-19,29H,3,20H2,1-2H3;4*1-2H3. The lowest BCUT2D eigenvalue weighted by Crippen LogP contribution is -2.61. The van der Waals surface area contributed by atoms with Gasteiger partial charge in [0.15, 0.2) is 0 Å². The van der Waals surface area contributed by atoms with Gasteiger partial charge < -0.3 is 4.57 Å². The number of nitrogens with zero attached hydrogens (tertiary/aromatic N) is 1. The van der Waals surface area contributed by atoms with Crippen LogP contribution >= 0.6 is 0 Å². The minimum atomic E-state index is 0.0477. The monoisotopic (exact) mass is 557 g/mol. The molecule has 2 unspecified atom stereocenters. The van der Waals surface area contributed by atoms with E-state index in [1.807, 2.05) is 55.4 Å². The molecule has 5 aromatic rings. The van der Waals surface area contributed by atoms with Crippen molar-refractivity contribution in [2.45, 2.75) is 86.0 Å².